The largest absolute Gasteiger partial charge is 0.464 e. The molecule has 2 rings (SSSR count). The third-order valence-electron chi connectivity index (χ3n) is 2.56. The Morgan fingerprint density at radius 3 is 2.50 bits per heavy atom. The van der Waals surface area contributed by atoms with E-state index in [1.54, 1.807) is 26.0 Å². The zero-order valence-electron chi connectivity index (χ0n) is 11.4. The van der Waals surface area contributed by atoms with Crippen molar-refractivity contribution >= 4 is 27.5 Å². The van der Waals surface area contributed by atoms with Crippen LogP contribution in [0.2, 0.25) is 0 Å². The summed E-state index contributed by atoms with van der Waals surface area (Å²) in [6, 6.07) is 3.55. The lowest BCUT2D eigenvalue weighted by atomic mass is 10.2. The van der Waals surface area contributed by atoms with Gasteiger partial charge in [0.1, 0.15) is 0 Å². The Morgan fingerprint density at radius 2 is 2.00 bits per heavy atom. The third kappa shape index (κ3) is 3.16. The van der Waals surface area contributed by atoms with Gasteiger partial charge in [-0.05, 0) is 48.8 Å². The van der Waals surface area contributed by atoms with Gasteiger partial charge in [0, 0.05) is 0 Å². The van der Waals surface area contributed by atoms with Gasteiger partial charge in [0.05, 0.1) is 23.7 Å². The molecule has 0 bridgehead atoms. The second-order valence-corrected chi connectivity index (χ2v) is 4.82. The van der Waals surface area contributed by atoms with Gasteiger partial charge in [-0.25, -0.2) is 0 Å². The SMILES string of the molecule is CCOc1nc(C)c(NC(=O)c2ccc(Br)o2)c(C)n1. The molecule has 6 nitrogen and oxygen atoms in total. The molecule has 2 aromatic heterocycles. The first kappa shape index (κ1) is 14.5. The first-order chi connectivity index (χ1) is 9.51. The number of carbonyl (C=O) groups excluding carboxylic acids is 1. The Bertz CT molecular complexity index is 617. The number of rotatable bonds is 4. The predicted octanol–water partition coefficient (Wildman–Crippen LogP) is 3.10. The van der Waals surface area contributed by atoms with Crippen molar-refractivity contribution in [3.05, 3.63) is 34.0 Å². The minimum absolute atomic E-state index is 0.213. The van der Waals surface area contributed by atoms with E-state index in [9.17, 15) is 4.79 Å². The highest BCUT2D eigenvalue weighted by Crippen LogP contribution is 2.21. The molecule has 0 radical (unpaired) electrons. The summed E-state index contributed by atoms with van der Waals surface area (Å²) in [6.07, 6.45) is 0. The van der Waals surface area contributed by atoms with Crippen LogP contribution in [0.3, 0.4) is 0 Å². The van der Waals surface area contributed by atoms with Gasteiger partial charge in [-0.3, -0.25) is 4.79 Å². The topological polar surface area (TPSA) is 77.2 Å². The smallest absolute Gasteiger partial charge is 0.316 e. The summed E-state index contributed by atoms with van der Waals surface area (Å²) in [5.74, 6) is -0.140. The molecule has 0 fully saturated rings. The summed E-state index contributed by atoms with van der Waals surface area (Å²) in [4.78, 5) is 20.4. The standard InChI is InChI=1S/C13H14BrN3O3/c1-4-19-13-15-7(2)11(8(3)16-13)17-12(18)9-5-6-10(14)20-9/h5-6H,4H2,1-3H3,(H,17,18). The van der Waals surface area contributed by atoms with Gasteiger partial charge < -0.3 is 14.5 Å². The number of halogens is 1. The van der Waals surface area contributed by atoms with Gasteiger partial charge in [0.15, 0.2) is 10.4 Å². The number of aryl methyl sites for hydroxylation is 2. The van der Waals surface area contributed by atoms with Crippen LogP contribution in [0.4, 0.5) is 5.69 Å². The van der Waals surface area contributed by atoms with Crippen LogP contribution in [0.15, 0.2) is 21.2 Å². The highest BCUT2D eigenvalue weighted by atomic mass is 79.9. The number of carbonyl (C=O) groups is 1. The fourth-order valence-corrected chi connectivity index (χ4v) is 1.98. The number of amides is 1. The van der Waals surface area contributed by atoms with Gasteiger partial charge in [-0.15, -0.1) is 0 Å². The third-order valence-corrected chi connectivity index (χ3v) is 2.99. The maximum absolute atomic E-state index is 12.0. The molecule has 0 atom stereocenters. The lowest BCUT2D eigenvalue weighted by molar-refractivity contribution is 0.0995. The van der Waals surface area contributed by atoms with Gasteiger partial charge in [-0.2, -0.15) is 9.97 Å². The lowest BCUT2D eigenvalue weighted by Crippen LogP contribution is -2.15. The average Bonchev–Trinajstić information content (AvgIpc) is 2.81. The normalized spacial score (nSPS) is 10.4. The maximum atomic E-state index is 12.0. The van der Waals surface area contributed by atoms with Crippen LogP contribution in [0.1, 0.15) is 28.9 Å². The van der Waals surface area contributed by atoms with E-state index >= 15 is 0 Å². The molecule has 7 heteroatoms. The Hall–Kier alpha value is -1.89. The summed E-state index contributed by atoms with van der Waals surface area (Å²) in [6.45, 7) is 5.92. The van der Waals surface area contributed by atoms with Gasteiger partial charge in [-0.1, -0.05) is 0 Å². The van der Waals surface area contributed by atoms with Crippen molar-refractivity contribution in [2.75, 3.05) is 11.9 Å². The van der Waals surface area contributed by atoms with Crippen LogP contribution in [-0.4, -0.2) is 22.5 Å². The molecule has 0 saturated carbocycles. The molecule has 106 valence electrons. The van der Waals surface area contributed by atoms with E-state index in [1.165, 1.54) is 0 Å². The number of ether oxygens (including phenoxy) is 1. The van der Waals surface area contributed by atoms with Gasteiger partial charge >= 0.3 is 6.01 Å². The second-order valence-electron chi connectivity index (χ2n) is 4.04. The maximum Gasteiger partial charge on any atom is 0.316 e. The summed E-state index contributed by atoms with van der Waals surface area (Å²) in [5, 5.41) is 2.74. The van der Waals surface area contributed by atoms with E-state index in [2.05, 4.69) is 31.2 Å². The van der Waals surface area contributed by atoms with Crippen LogP contribution >= 0.6 is 15.9 Å². The molecule has 0 aliphatic rings. The second kappa shape index (κ2) is 6.04. The van der Waals surface area contributed by atoms with Crippen LogP contribution in [-0.2, 0) is 0 Å². The zero-order valence-corrected chi connectivity index (χ0v) is 12.9. The van der Waals surface area contributed by atoms with E-state index in [0.29, 0.717) is 34.4 Å². The summed E-state index contributed by atoms with van der Waals surface area (Å²) >= 11 is 3.15. The Labute approximate surface area is 124 Å². The Morgan fingerprint density at radius 1 is 1.35 bits per heavy atom. The molecule has 1 amide bonds. The minimum atomic E-state index is -0.352. The van der Waals surface area contributed by atoms with Crippen LogP contribution in [0, 0.1) is 13.8 Å². The molecule has 0 saturated heterocycles. The molecule has 0 aliphatic carbocycles. The number of anilines is 1. The van der Waals surface area contributed by atoms with E-state index in [0.717, 1.165) is 0 Å². The minimum Gasteiger partial charge on any atom is -0.464 e. The molecule has 0 aromatic carbocycles. The van der Waals surface area contributed by atoms with E-state index in [-0.39, 0.29) is 11.7 Å². The Kier molecular flexibility index (Phi) is 4.39. The summed E-state index contributed by atoms with van der Waals surface area (Å²) in [5.41, 5.74) is 1.84. The monoisotopic (exact) mass is 339 g/mol. The Balaban J connectivity index is 2.23. The van der Waals surface area contributed by atoms with Crippen molar-refractivity contribution in [3.63, 3.8) is 0 Å². The molecule has 1 N–H and O–H groups in total. The number of aromatic nitrogens is 2. The number of nitrogens with one attached hydrogen (secondary N) is 1. The van der Waals surface area contributed by atoms with Crippen molar-refractivity contribution in [2.45, 2.75) is 20.8 Å². The average molecular weight is 340 g/mol. The highest BCUT2D eigenvalue weighted by molar-refractivity contribution is 9.10. The number of hydrogen-bond donors (Lipinski definition) is 1. The quantitative estimate of drug-likeness (QED) is 0.925. The van der Waals surface area contributed by atoms with E-state index < -0.39 is 0 Å². The molecule has 0 aliphatic heterocycles. The molecular formula is C13H14BrN3O3. The molecular weight excluding hydrogens is 326 g/mol. The zero-order chi connectivity index (χ0) is 14.7. The molecule has 2 heterocycles. The highest BCUT2D eigenvalue weighted by Gasteiger charge is 2.15. The predicted molar refractivity (Wildman–Crippen MR) is 77.0 cm³/mol. The van der Waals surface area contributed by atoms with Crippen molar-refractivity contribution < 1.29 is 13.9 Å². The van der Waals surface area contributed by atoms with Crippen molar-refractivity contribution in [3.8, 4) is 6.01 Å². The summed E-state index contributed by atoms with van der Waals surface area (Å²) < 4.78 is 11.0. The van der Waals surface area contributed by atoms with Gasteiger partial charge in [0.25, 0.3) is 5.91 Å². The molecule has 0 unspecified atom stereocenters. The van der Waals surface area contributed by atoms with Crippen molar-refractivity contribution in [2.24, 2.45) is 0 Å². The summed E-state index contributed by atoms with van der Waals surface area (Å²) in [7, 11) is 0. The number of nitrogens with zero attached hydrogens (tertiary/aromatic N) is 2. The number of furan rings is 1. The van der Waals surface area contributed by atoms with Gasteiger partial charge in [0.2, 0.25) is 0 Å². The van der Waals surface area contributed by atoms with Crippen molar-refractivity contribution in [1.82, 2.24) is 9.97 Å². The fraction of sp³-hybridized carbons (Fsp3) is 0.308. The fourth-order valence-electron chi connectivity index (χ4n) is 1.67. The first-order valence-electron chi connectivity index (χ1n) is 6.06. The van der Waals surface area contributed by atoms with Crippen molar-refractivity contribution in [1.29, 1.82) is 0 Å². The van der Waals surface area contributed by atoms with Crippen LogP contribution < -0.4 is 10.1 Å². The van der Waals surface area contributed by atoms with Crippen LogP contribution in [0.25, 0.3) is 0 Å². The molecule has 20 heavy (non-hydrogen) atoms. The molecule has 0 spiro atoms. The van der Waals surface area contributed by atoms with Crippen LogP contribution in [0.5, 0.6) is 6.01 Å². The van der Waals surface area contributed by atoms with E-state index in [1.807, 2.05) is 6.92 Å². The number of hydrogen-bond acceptors (Lipinski definition) is 5. The lowest BCUT2D eigenvalue weighted by Gasteiger charge is -2.11. The molecule has 2 aromatic rings. The van der Waals surface area contributed by atoms with E-state index in [4.69, 9.17) is 9.15 Å². The first-order valence-corrected chi connectivity index (χ1v) is 6.85.